The number of aliphatic hydroxyl groups is 2. The molecule has 0 aromatic heterocycles. The van der Waals surface area contributed by atoms with Gasteiger partial charge in [0.15, 0.2) is 0 Å². The third kappa shape index (κ3) is 1.62. The molecule has 3 saturated carbocycles. The smallest absolute Gasteiger partial charge is 0.0603 e. The minimum absolute atomic E-state index is 0.112. The van der Waals surface area contributed by atoms with Gasteiger partial charge in [0.25, 0.3) is 0 Å². The van der Waals surface area contributed by atoms with Gasteiger partial charge in [-0.3, -0.25) is 0 Å². The van der Waals surface area contributed by atoms with Crippen LogP contribution in [-0.4, -0.2) is 22.4 Å². The molecule has 16 heavy (non-hydrogen) atoms. The van der Waals surface area contributed by atoms with Crippen LogP contribution in [0.1, 0.15) is 51.4 Å². The van der Waals surface area contributed by atoms with Gasteiger partial charge in [-0.2, -0.15) is 0 Å². The quantitative estimate of drug-likeness (QED) is 0.663. The number of hydrogen-bond acceptors (Lipinski definition) is 2. The van der Waals surface area contributed by atoms with E-state index < -0.39 is 0 Å². The molecule has 3 aliphatic rings. The van der Waals surface area contributed by atoms with E-state index in [1.54, 1.807) is 0 Å². The Morgan fingerprint density at radius 3 is 1.00 bits per heavy atom. The third-order valence-corrected chi connectivity index (χ3v) is 5.50. The zero-order chi connectivity index (χ0) is 11.1. The van der Waals surface area contributed by atoms with Crippen LogP contribution in [0, 0.1) is 23.7 Å². The van der Waals surface area contributed by atoms with Crippen molar-refractivity contribution in [2.45, 2.75) is 63.6 Å². The molecule has 0 aliphatic heterocycles. The Hall–Kier alpha value is -0.0800. The van der Waals surface area contributed by atoms with Gasteiger partial charge in [-0.1, -0.05) is 25.7 Å². The van der Waals surface area contributed by atoms with Crippen molar-refractivity contribution in [3.8, 4) is 0 Å². The van der Waals surface area contributed by atoms with E-state index in [2.05, 4.69) is 0 Å². The summed E-state index contributed by atoms with van der Waals surface area (Å²) in [6.45, 7) is 0. The number of hydrogen-bond donors (Lipinski definition) is 2. The van der Waals surface area contributed by atoms with E-state index in [1.165, 1.54) is 25.7 Å². The molecule has 0 aromatic carbocycles. The zero-order valence-electron chi connectivity index (χ0n) is 10.0. The summed E-state index contributed by atoms with van der Waals surface area (Å²) in [7, 11) is 0. The van der Waals surface area contributed by atoms with Crippen molar-refractivity contribution in [3.63, 3.8) is 0 Å². The molecule has 4 unspecified atom stereocenters. The minimum atomic E-state index is -0.112. The van der Waals surface area contributed by atoms with Gasteiger partial charge in [-0.25, -0.2) is 0 Å². The van der Waals surface area contributed by atoms with Gasteiger partial charge in [-0.15, -0.1) is 0 Å². The van der Waals surface area contributed by atoms with Crippen molar-refractivity contribution < 1.29 is 10.2 Å². The average molecular weight is 224 g/mol. The SMILES string of the molecule is OC1C2CCCCC2C(O)C2CCCCC12. The monoisotopic (exact) mass is 224 g/mol. The second-order valence-electron chi connectivity index (χ2n) is 6.21. The van der Waals surface area contributed by atoms with E-state index >= 15 is 0 Å². The summed E-state index contributed by atoms with van der Waals surface area (Å²) >= 11 is 0. The van der Waals surface area contributed by atoms with Gasteiger partial charge in [0.1, 0.15) is 0 Å². The van der Waals surface area contributed by atoms with Crippen molar-refractivity contribution >= 4 is 0 Å². The number of rotatable bonds is 0. The molecule has 0 bridgehead atoms. The van der Waals surface area contributed by atoms with Crippen molar-refractivity contribution in [1.82, 2.24) is 0 Å². The van der Waals surface area contributed by atoms with E-state index in [-0.39, 0.29) is 12.2 Å². The molecule has 0 spiro atoms. The molecule has 92 valence electrons. The predicted octanol–water partition coefficient (Wildman–Crippen LogP) is 2.33. The summed E-state index contributed by atoms with van der Waals surface area (Å²) in [6, 6.07) is 0. The van der Waals surface area contributed by atoms with Crippen LogP contribution >= 0.6 is 0 Å². The normalized spacial score (nSPS) is 52.9. The third-order valence-electron chi connectivity index (χ3n) is 5.50. The minimum Gasteiger partial charge on any atom is -0.393 e. The maximum Gasteiger partial charge on any atom is 0.0603 e. The first-order valence-electron chi connectivity index (χ1n) is 7.15. The fourth-order valence-electron chi connectivity index (χ4n) is 4.71. The lowest BCUT2D eigenvalue weighted by Gasteiger charge is -2.52. The molecule has 4 atom stereocenters. The van der Waals surface area contributed by atoms with Crippen LogP contribution < -0.4 is 0 Å². The molecular formula is C14H24O2. The highest BCUT2D eigenvalue weighted by Crippen LogP contribution is 2.50. The van der Waals surface area contributed by atoms with E-state index in [9.17, 15) is 10.2 Å². The van der Waals surface area contributed by atoms with E-state index in [1.807, 2.05) is 0 Å². The molecule has 0 radical (unpaired) electrons. The van der Waals surface area contributed by atoms with Gasteiger partial charge in [0.05, 0.1) is 12.2 Å². The Labute approximate surface area is 98.1 Å². The Morgan fingerprint density at radius 2 is 0.750 bits per heavy atom. The Bertz CT molecular complexity index is 203. The van der Waals surface area contributed by atoms with Crippen LogP contribution in [0.5, 0.6) is 0 Å². The first-order chi connectivity index (χ1) is 7.79. The van der Waals surface area contributed by atoms with Crippen LogP contribution in [0.3, 0.4) is 0 Å². The van der Waals surface area contributed by atoms with Crippen LogP contribution in [0.4, 0.5) is 0 Å². The lowest BCUT2D eigenvalue weighted by Crippen LogP contribution is -2.54. The molecular weight excluding hydrogens is 200 g/mol. The van der Waals surface area contributed by atoms with Crippen molar-refractivity contribution in [2.24, 2.45) is 23.7 Å². The van der Waals surface area contributed by atoms with E-state index in [0.29, 0.717) is 23.7 Å². The van der Waals surface area contributed by atoms with Crippen molar-refractivity contribution in [3.05, 3.63) is 0 Å². The molecule has 2 N–H and O–H groups in total. The second kappa shape index (κ2) is 4.30. The Balaban J connectivity index is 1.83. The molecule has 0 amide bonds. The van der Waals surface area contributed by atoms with Crippen LogP contribution in [0.25, 0.3) is 0 Å². The van der Waals surface area contributed by atoms with Crippen LogP contribution in [-0.2, 0) is 0 Å². The highest BCUT2D eigenvalue weighted by atomic mass is 16.3. The fraction of sp³-hybridized carbons (Fsp3) is 1.00. The van der Waals surface area contributed by atoms with Crippen molar-refractivity contribution in [2.75, 3.05) is 0 Å². The molecule has 3 rings (SSSR count). The summed E-state index contributed by atoms with van der Waals surface area (Å²) in [4.78, 5) is 0. The standard InChI is InChI=1S/C14H24O2/c15-13-9-5-1-2-6-10(9)14(16)12-8-4-3-7-11(12)13/h9-16H,1-8H2. The highest BCUT2D eigenvalue weighted by molar-refractivity contribution is 4.99. The lowest BCUT2D eigenvalue weighted by atomic mass is 9.57. The van der Waals surface area contributed by atoms with Gasteiger partial charge in [0.2, 0.25) is 0 Å². The molecule has 3 fully saturated rings. The summed E-state index contributed by atoms with van der Waals surface area (Å²) in [6.07, 6.45) is 9.36. The topological polar surface area (TPSA) is 40.5 Å². The van der Waals surface area contributed by atoms with Crippen LogP contribution in [0.15, 0.2) is 0 Å². The predicted molar refractivity (Wildman–Crippen MR) is 62.9 cm³/mol. The summed E-state index contributed by atoms with van der Waals surface area (Å²) < 4.78 is 0. The molecule has 0 aromatic rings. The average Bonchev–Trinajstić information content (AvgIpc) is 2.36. The first-order valence-corrected chi connectivity index (χ1v) is 7.15. The zero-order valence-corrected chi connectivity index (χ0v) is 10.0. The van der Waals surface area contributed by atoms with Crippen molar-refractivity contribution in [1.29, 1.82) is 0 Å². The second-order valence-corrected chi connectivity index (χ2v) is 6.21. The summed E-state index contributed by atoms with van der Waals surface area (Å²) in [5.41, 5.74) is 0. The molecule has 3 aliphatic carbocycles. The maximum atomic E-state index is 10.5. The molecule has 2 heteroatoms. The van der Waals surface area contributed by atoms with Crippen LogP contribution in [0.2, 0.25) is 0 Å². The lowest BCUT2D eigenvalue weighted by molar-refractivity contribution is -0.142. The molecule has 0 saturated heterocycles. The highest BCUT2D eigenvalue weighted by Gasteiger charge is 2.49. The molecule has 2 nitrogen and oxygen atoms in total. The van der Waals surface area contributed by atoms with Gasteiger partial charge >= 0.3 is 0 Å². The largest absolute Gasteiger partial charge is 0.393 e. The first kappa shape index (κ1) is 11.0. The van der Waals surface area contributed by atoms with Gasteiger partial charge in [0, 0.05) is 0 Å². The summed E-state index contributed by atoms with van der Waals surface area (Å²) in [5, 5.41) is 21.0. The van der Waals surface area contributed by atoms with Gasteiger partial charge < -0.3 is 10.2 Å². The fourth-order valence-corrected chi connectivity index (χ4v) is 4.71. The maximum absolute atomic E-state index is 10.5. The Morgan fingerprint density at radius 1 is 0.500 bits per heavy atom. The number of fused-ring (bicyclic) bond motifs is 2. The Kier molecular flexibility index (Phi) is 2.97. The number of aliphatic hydroxyl groups excluding tert-OH is 2. The van der Waals surface area contributed by atoms with Gasteiger partial charge in [-0.05, 0) is 49.4 Å². The molecule has 0 heterocycles. The van der Waals surface area contributed by atoms with E-state index in [4.69, 9.17) is 0 Å². The van der Waals surface area contributed by atoms with E-state index in [0.717, 1.165) is 25.7 Å². The summed E-state index contributed by atoms with van der Waals surface area (Å²) in [5.74, 6) is 1.62.